The van der Waals surface area contributed by atoms with E-state index < -0.39 is 17.8 Å². The summed E-state index contributed by atoms with van der Waals surface area (Å²) < 4.78 is 53.7. The molecule has 2 aromatic carbocycles. The maximum Gasteiger partial charge on any atom is 0.416 e. The van der Waals surface area contributed by atoms with Crippen LogP contribution in [0.15, 0.2) is 60.7 Å². The third kappa shape index (κ3) is 6.86. The Balaban J connectivity index is 1.85. The maximum absolute atomic E-state index is 12.6. The van der Waals surface area contributed by atoms with Crippen molar-refractivity contribution in [2.24, 2.45) is 0 Å². The molecule has 0 saturated heterocycles. The zero-order chi connectivity index (χ0) is 20.6. The van der Waals surface area contributed by atoms with Crippen LogP contribution in [0.5, 0.6) is 17.2 Å². The molecular formula is C20H20F3NO4. The molecule has 1 atom stereocenters. The fraction of sp³-hybridized carbons (Fsp3) is 0.250. The average molecular weight is 395 g/mol. The first kappa shape index (κ1) is 21.1. The highest BCUT2D eigenvalue weighted by Crippen LogP contribution is 2.31. The molecule has 0 radical (unpaired) electrons. The van der Waals surface area contributed by atoms with Crippen molar-refractivity contribution in [2.45, 2.75) is 19.2 Å². The first-order valence-corrected chi connectivity index (χ1v) is 8.41. The average Bonchev–Trinajstić information content (AvgIpc) is 2.66. The molecule has 1 unspecified atom stereocenters. The van der Waals surface area contributed by atoms with Crippen molar-refractivity contribution in [1.82, 2.24) is 5.32 Å². The van der Waals surface area contributed by atoms with Crippen LogP contribution in [0.2, 0.25) is 0 Å². The third-order valence-electron chi connectivity index (χ3n) is 3.48. The zero-order valence-electron chi connectivity index (χ0n) is 15.3. The first-order valence-electron chi connectivity index (χ1n) is 8.41. The van der Waals surface area contributed by atoms with Crippen molar-refractivity contribution < 1.29 is 32.2 Å². The Morgan fingerprint density at radius 1 is 1.04 bits per heavy atom. The van der Waals surface area contributed by atoms with Crippen LogP contribution in [0.1, 0.15) is 12.5 Å². The third-order valence-corrected chi connectivity index (χ3v) is 3.48. The minimum Gasteiger partial charge on any atom is -0.487 e. The molecule has 0 aliphatic rings. The Morgan fingerprint density at radius 2 is 1.57 bits per heavy atom. The summed E-state index contributed by atoms with van der Waals surface area (Å²) in [5, 5.41) is 2.34. The molecule has 0 heterocycles. The van der Waals surface area contributed by atoms with Gasteiger partial charge in [-0.15, -0.1) is 0 Å². The van der Waals surface area contributed by atoms with Gasteiger partial charge < -0.3 is 19.5 Å². The number of benzene rings is 2. The summed E-state index contributed by atoms with van der Waals surface area (Å²) in [6, 6.07) is 11.1. The molecule has 0 spiro atoms. The lowest BCUT2D eigenvalue weighted by molar-refractivity contribution is -0.137. The van der Waals surface area contributed by atoms with E-state index in [-0.39, 0.29) is 12.7 Å². The van der Waals surface area contributed by atoms with Crippen LogP contribution in [-0.2, 0) is 10.9 Å². The minimum atomic E-state index is -4.38. The van der Waals surface area contributed by atoms with Gasteiger partial charge in [0.05, 0.1) is 5.56 Å². The topological polar surface area (TPSA) is 56.8 Å². The van der Waals surface area contributed by atoms with E-state index in [4.69, 9.17) is 14.2 Å². The molecule has 1 amide bonds. The second kappa shape index (κ2) is 9.68. The van der Waals surface area contributed by atoms with Crippen LogP contribution in [0, 0.1) is 0 Å². The number of ether oxygens (including phenoxy) is 3. The smallest absolute Gasteiger partial charge is 0.416 e. The van der Waals surface area contributed by atoms with Gasteiger partial charge in [-0.25, -0.2) is 4.79 Å². The predicted octanol–water partition coefficient (Wildman–Crippen LogP) is 5.18. The van der Waals surface area contributed by atoms with Gasteiger partial charge in [0.25, 0.3) is 0 Å². The van der Waals surface area contributed by atoms with E-state index in [2.05, 4.69) is 5.32 Å². The molecule has 0 aliphatic carbocycles. The van der Waals surface area contributed by atoms with Gasteiger partial charge in [0.15, 0.2) is 0 Å². The number of alkyl carbamates (subject to hydrolysis) is 1. The SMILES string of the molecule is CNC(=O)OCC=CC(C)Oc1ccc(Oc2ccc(C(F)(F)F)cc2)cc1. The quantitative estimate of drug-likeness (QED) is 0.657. The van der Waals surface area contributed by atoms with Crippen molar-refractivity contribution in [3.63, 3.8) is 0 Å². The first-order chi connectivity index (χ1) is 13.3. The Kier molecular flexibility index (Phi) is 7.31. The molecule has 0 fully saturated rings. The highest BCUT2D eigenvalue weighted by atomic mass is 19.4. The molecule has 8 heteroatoms. The van der Waals surface area contributed by atoms with E-state index in [1.165, 1.54) is 19.2 Å². The molecule has 0 saturated carbocycles. The van der Waals surface area contributed by atoms with Gasteiger partial charge in [0.2, 0.25) is 0 Å². The minimum absolute atomic E-state index is 0.132. The van der Waals surface area contributed by atoms with Crippen LogP contribution in [0.25, 0.3) is 0 Å². The van der Waals surface area contributed by atoms with E-state index >= 15 is 0 Å². The highest BCUT2D eigenvalue weighted by molar-refractivity contribution is 5.66. The lowest BCUT2D eigenvalue weighted by Crippen LogP contribution is -2.19. The highest BCUT2D eigenvalue weighted by Gasteiger charge is 2.30. The molecule has 2 rings (SSSR count). The second-order valence-corrected chi connectivity index (χ2v) is 5.70. The Bertz CT molecular complexity index is 787. The summed E-state index contributed by atoms with van der Waals surface area (Å²) in [6.45, 7) is 1.95. The van der Waals surface area contributed by atoms with Gasteiger partial charge in [-0.1, -0.05) is 0 Å². The summed E-state index contributed by atoms with van der Waals surface area (Å²) >= 11 is 0. The van der Waals surface area contributed by atoms with E-state index in [1.807, 2.05) is 6.92 Å². The number of amides is 1. The number of halogens is 3. The molecule has 150 valence electrons. The van der Waals surface area contributed by atoms with Crippen LogP contribution >= 0.6 is 0 Å². The predicted molar refractivity (Wildman–Crippen MR) is 97.6 cm³/mol. The van der Waals surface area contributed by atoms with Crippen molar-refractivity contribution >= 4 is 6.09 Å². The Morgan fingerprint density at radius 3 is 2.11 bits per heavy atom. The standard InChI is InChI=1S/C20H20F3NO4/c1-14(4-3-13-26-19(25)24-2)27-16-9-11-18(12-10-16)28-17-7-5-15(6-8-17)20(21,22)23/h3-12,14H,13H2,1-2H3,(H,24,25). The fourth-order valence-corrected chi connectivity index (χ4v) is 2.13. The Hall–Kier alpha value is -3.16. The summed E-state index contributed by atoms with van der Waals surface area (Å²) in [5.74, 6) is 1.35. The molecule has 2 aromatic rings. The number of alkyl halides is 3. The van der Waals surface area contributed by atoms with Crippen LogP contribution in [-0.4, -0.2) is 25.9 Å². The van der Waals surface area contributed by atoms with Gasteiger partial charge in [0, 0.05) is 7.05 Å². The lowest BCUT2D eigenvalue weighted by atomic mass is 10.2. The Labute approximate surface area is 160 Å². The zero-order valence-corrected chi connectivity index (χ0v) is 15.3. The number of hydrogen-bond acceptors (Lipinski definition) is 4. The second-order valence-electron chi connectivity index (χ2n) is 5.70. The van der Waals surface area contributed by atoms with E-state index in [9.17, 15) is 18.0 Å². The molecule has 0 aliphatic heterocycles. The summed E-state index contributed by atoms with van der Waals surface area (Å²) in [5.41, 5.74) is -0.730. The number of hydrogen-bond donors (Lipinski definition) is 1. The number of carbonyl (C=O) groups is 1. The van der Waals surface area contributed by atoms with Crippen LogP contribution in [0.3, 0.4) is 0 Å². The van der Waals surface area contributed by atoms with Gasteiger partial charge in [-0.05, 0) is 67.6 Å². The lowest BCUT2D eigenvalue weighted by Gasteiger charge is -2.12. The van der Waals surface area contributed by atoms with Gasteiger partial charge in [-0.2, -0.15) is 13.2 Å². The molecule has 0 aromatic heterocycles. The molecule has 1 N–H and O–H groups in total. The molecule has 5 nitrogen and oxygen atoms in total. The summed E-state index contributed by atoms with van der Waals surface area (Å²) in [7, 11) is 1.47. The van der Waals surface area contributed by atoms with Gasteiger partial charge in [-0.3, -0.25) is 0 Å². The van der Waals surface area contributed by atoms with Gasteiger partial charge >= 0.3 is 12.3 Å². The van der Waals surface area contributed by atoms with E-state index in [0.717, 1.165) is 12.1 Å². The monoisotopic (exact) mass is 395 g/mol. The van der Waals surface area contributed by atoms with Crippen molar-refractivity contribution in [2.75, 3.05) is 13.7 Å². The summed E-state index contributed by atoms with van der Waals surface area (Å²) in [6.07, 6.45) is -1.73. The fourth-order valence-electron chi connectivity index (χ4n) is 2.13. The molecule has 0 bridgehead atoms. The van der Waals surface area contributed by atoms with Crippen LogP contribution in [0.4, 0.5) is 18.0 Å². The largest absolute Gasteiger partial charge is 0.487 e. The molecule has 28 heavy (non-hydrogen) atoms. The van der Waals surface area contributed by atoms with Crippen LogP contribution < -0.4 is 14.8 Å². The van der Waals surface area contributed by atoms with Gasteiger partial charge in [0.1, 0.15) is 30.0 Å². The van der Waals surface area contributed by atoms with Crippen molar-refractivity contribution in [3.05, 3.63) is 66.2 Å². The maximum atomic E-state index is 12.6. The molecular weight excluding hydrogens is 375 g/mol. The number of nitrogens with one attached hydrogen (secondary N) is 1. The van der Waals surface area contributed by atoms with Crippen molar-refractivity contribution in [1.29, 1.82) is 0 Å². The van der Waals surface area contributed by atoms with E-state index in [0.29, 0.717) is 17.2 Å². The summed E-state index contributed by atoms with van der Waals surface area (Å²) in [4.78, 5) is 10.9. The van der Waals surface area contributed by atoms with E-state index in [1.54, 1.807) is 36.4 Å². The normalized spacial score (nSPS) is 12.5. The van der Waals surface area contributed by atoms with Crippen molar-refractivity contribution in [3.8, 4) is 17.2 Å². The number of rotatable bonds is 7. The number of carbonyl (C=O) groups excluding carboxylic acids is 1.